The number of H-pyrrole nitrogens is 2. The van der Waals surface area contributed by atoms with Crippen LogP contribution in [0.15, 0.2) is 58.7 Å². The summed E-state index contributed by atoms with van der Waals surface area (Å²) in [5.74, 6) is -0.133. The first kappa shape index (κ1) is 86.3. The Labute approximate surface area is 689 Å². The lowest BCUT2D eigenvalue weighted by molar-refractivity contribution is -0.344. The van der Waals surface area contributed by atoms with E-state index in [1.807, 2.05) is 0 Å². The predicted molar refractivity (Wildman–Crippen MR) is 407 cm³/mol. The molecule has 0 saturated carbocycles. The third-order valence-corrected chi connectivity index (χ3v) is 27.3. The summed E-state index contributed by atoms with van der Waals surface area (Å²) in [5, 5.41) is 91.2. The summed E-state index contributed by atoms with van der Waals surface area (Å²) in [4.78, 5) is 71.4. The molecule has 16 heterocycles. The van der Waals surface area contributed by atoms with Gasteiger partial charge in [0.05, 0.1) is 126 Å². The van der Waals surface area contributed by atoms with Gasteiger partial charge in [0.2, 0.25) is 23.6 Å². The number of nitrogens with one attached hydrogen (secondary N) is 2. The zero-order valence-corrected chi connectivity index (χ0v) is 68.0. The van der Waals surface area contributed by atoms with Gasteiger partial charge in [0.15, 0.2) is 64.9 Å². The van der Waals surface area contributed by atoms with Crippen molar-refractivity contribution in [2.45, 2.75) is 164 Å². The van der Waals surface area contributed by atoms with Crippen molar-refractivity contribution in [2.24, 2.45) is 0 Å². The first-order chi connectivity index (χ1) is 57.0. The molecule has 2 aliphatic carbocycles. The van der Waals surface area contributed by atoms with Crippen molar-refractivity contribution in [3.8, 4) is 23.0 Å². The SMILES string of the molecule is CO[C@@H]1OC(CO)[C@H]2O[C@@H]3OC(CO)[C@@H](OC)[C@H](O)[C@@H]3N3C(=O)CSC3C3=C4OCCOCCOc5c[nH]c(c5OCCOCCOC4=CC3)C3SCC(=O)N3[C@H]3[C@H](OC(CO)[C@H](OC)[C@H]3O)O[C@@H]3[C@H]([C@@H](C)OC(CO)[C@@H]3O)N3C(=O)CSC3c3[nH]cc4c3OCCOCCOC3=CCC(=C3OCCOCCO4)C3SCC(=O)N3[C@H]1[C@H]2O. The number of aliphatic hydroxyl groups is 8. The fourth-order valence-corrected chi connectivity index (χ4v) is 22.2. The monoisotopic (exact) mass is 1730 g/mol. The minimum absolute atomic E-state index is 0.000315. The van der Waals surface area contributed by atoms with Crippen molar-refractivity contribution in [2.75, 3.05) is 176 Å². The third-order valence-electron chi connectivity index (χ3n) is 22.5. The summed E-state index contributed by atoms with van der Waals surface area (Å²) in [7, 11) is 3.96. The van der Waals surface area contributed by atoms with Crippen LogP contribution in [0.3, 0.4) is 0 Å². The van der Waals surface area contributed by atoms with Gasteiger partial charge in [-0.25, -0.2) is 0 Å². The number of ether oxygens (including phenoxy) is 21. The van der Waals surface area contributed by atoms with Crippen molar-refractivity contribution < 1.29 is 160 Å². The van der Waals surface area contributed by atoms with Crippen molar-refractivity contribution in [1.82, 2.24) is 29.6 Å². The average molecular weight is 1730 g/mol. The average Bonchev–Trinajstić information content (AvgIpc) is 1.71. The van der Waals surface area contributed by atoms with Crippen LogP contribution in [0.5, 0.6) is 23.0 Å². The minimum Gasteiger partial charge on any atom is -0.488 e. The number of hydrogen-bond acceptors (Lipinski definition) is 37. The molecule has 650 valence electrons. The highest BCUT2D eigenvalue weighted by Gasteiger charge is 2.62. The molecule has 0 radical (unpaired) electrons. The number of rotatable bonds is 7. The molecule has 8 unspecified atom stereocenters. The lowest BCUT2D eigenvalue weighted by Gasteiger charge is -2.52. The second kappa shape index (κ2) is 39.3. The maximum Gasteiger partial charge on any atom is 0.234 e. The molecule has 4 amide bonds. The van der Waals surface area contributed by atoms with E-state index in [4.69, 9.17) is 99.5 Å². The summed E-state index contributed by atoms with van der Waals surface area (Å²) in [6.45, 7) is -1.43. The van der Waals surface area contributed by atoms with Gasteiger partial charge in [-0.1, -0.05) is 0 Å². The molecule has 18 rings (SSSR count). The lowest BCUT2D eigenvalue weighted by atomic mass is 9.90. The van der Waals surface area contributed by atoms with E-state index in [0.29, 0.717) is 39.8 Å². The summed E-state index contributed by atoms with van der Waals surface area (Å²) in [6, 6.07) is -5.55. The highest BCUT2D eigenvalue weighted by Crippen LogP contribution is 2.53. The number of carbonyl (C=O) groups is 4. The van der Waals surface area contributed by atoms with Gasteiger partial charge >= 0.3 is 0 Å². The number of thioether (sulfide) groups is 4. The maximum absolute atomic E-state index is 14.9. The van der Waals surface area contributed by atoms with Crippen LogP contribution in [-0.2, 0) is 99.7 Å². The first-order valence-corrected chi connectivity index (χ1v) is 43.2. The van der Waals surface area contributed by atoms with E-state index in [2.05, 4.69) is 9.97 Å². The summed E-state index contributed by atoms with van der Waals surface area (Å²) in [5.41, 5.74) is 1.82. The smallest absolute Gasteiger partial charge is 0.234 e. The number of aliphatic hydroxyl groups excluding tert-OH is 8. The second-order valence-electron chi connectivity index (χ2n) is 29.1. The summed E-state index contributed by atoms with van der Waals surface area (Å²) < 4.78 is 134. The fraction of sp³-hybridized carbons (Fsp3) is 0.730. The van der Waals surface area contributed by atoms with Gasteiger partial charge in [-0.15, -0.1) is 47.0 Å². The molecule has 24 atom stereocenters. The van der Waals surface area contributed by atoms with E-state index in [-0.39, 0.29) is 170 Å². The van der Waals surface area contributed by atoms with Crippen molar-refractivity contribution in [3.05, 3.63) is 70.1 Å². The minimum atomic E-state index is -1.76. The van der Waals surface area contributed by atoms with Gasteiger partial charge in [0, 0.05) is 44.9 Å². The molecule has 8 saturated heterocycles. The number of carbonyl (C=O) groups excluding carboxylic acids is 4. The molecule has 43 heteroatoms. The fourth-order valence-electron chi connectivity index (χ4n) is 17.2. The molecule has 16 aliphatic rings. The van der Waals surface area contributed by atoms with E-state index in [0.717, 1.165) is 0 Å². The van der Waals surface area contributed by atoms with Crippen LogP contribution >= 0.6 is 47.0 Å². The maximum atomic E-state index is 14.9. The number of aromatic amines is 2. The van der Waals surface area contributed by atoms with E-state index in [1.165, 1.54) is 88.0 Å². The number of aromatic nitrogens is 2. The Morgan fingerprint density at radius 2 is 0.786 bits per heavy atom. The number of nitrogens with zero attached hydrogens (tertiary/aromatic N) is 4. The van der Waals surface area contributed by atoms with Crippen LogP contribution in [0, 0.1) is 0 Å². The molecule has 0 aromatic carbocycles. The van der Waals surface area contributed by atoms with Gasteiger partial charge in [-0.3, -0.25) is 19.2 Å². The summed E-state index contributed by atoms with van der Waals surface area (Å²) >= 11 is 4.89. The Morgan fingerprint density at radius 3 is 1.21 bits per heavy atom. The zero-order valence-electron chi connectivity index (χ0n) is 64.8. The first-order valence-electron chi connectivity index (χ1n) is 39.1. The van der Waals surface area contributed by atoms with E-state index in [1.54, 1.807) is 31.5 Å². The van der Waals surface area contributed by atoms with Crippen molar-refractivity contribution in [1.29, 1.82) is 0 Å². The molecule has 2 aromatic rings. The van der Waals surface area contributed by atoms with Gasteiger partial charge in [-0.05, 0) is 31.9 Å². The number of allylic oxidation sites excluding steroid dienone is 2. The molecule has 117 heavy (non-hydrogen) atoms. The Morgan fingerprint density at radius 1 is 0.402 bits per heavy atom. The normalized spacial score (nSPS) is 37.5. The van der Waals surface area contributed by atoms with E-state index in [9.17, 15) is 60.0 Å². The Kier molecular flexibility index (Phi) is 29.0. The molecule has 8 fully saturated rings. The molecule has 2 aromatic heterocycles. The number of hydrogen-bond donors (Lipinski definition) is 10. The van der Waals surface area contributed by atoms with Crippen LogP contribution in [0.2, 0.25) is 0 Å². The van der Waals surface area contributed by atoms with Gasteiger partial charge in [0.25, 0.3) is 0 Å². The molecule has 0 spiro atoms. The number of methoxy groups -OCH3 is 3. The van der Waals surface area contributed by atoms with Crippen LogP contribution < -0.4 is 18.9 Å². The van der Waals surface area contributed by atoms with Crippen molar-refractivity contribution in [3.63, 3.8) is 0 Å². The highest BCUT2D eigenvalue weighted by atomic mass is 32.2. The molecular weight excluding hydrogens is 1630 g/mol. The highest BCUT2D eigenvalue weighted by molar-refractivity contribution is 8.01. The van der Waals surface area contributed by atoms with Crippen LogP contribution in [0.25, 0.3) is 0 Å². The van der Waals surface area contributed by atoms with Gasteiger partial charge < -0.3 is 170 Å². The van der Waals surface area contributed by atoms with Crippen LogP contribution in [-0.4, -0.2) is 404 Å². The van der Waals surface area contributed by atoms with Gasteiger partial charge in [-0.2, -0.15) is 0 Å². The Bertz CT molecular complexity index is 3900. The topological polar surface area (TPSA) is 468 Å². The Hall–Kier alpha value is -5.64. The quantitative estimate of drug-likeness (QED) is 0.144. The van der Waals surface area contributed by atoms with E-state index >= 15 is 0 Å². The lowest BCUT2D eigenvalue weighted by Crippen LogP contribution is -2.70. The molecule has 10 N–H and O–H groups in total. The predicted octanol–water partition coefficient (Wildman–Crippen LogP) is -1.94. The van der Waals surface area contributed by atoms with E-state index < -0.39 is 194 Å². The largest absolute Gasteiger partial charge is 0.488 e. The molecular formula is C74H102N6O33S4. The van der Waals surface area contributed by atoms with Crippen LogP contribution in [0.1, 0.15) is 41.9 Å². The van der Waals surface area contributed by atoms with Gasteiger partial charge in [0.1, 0.15) is 166 Å². The third kappa shape index (κ3) is 17.5. The molecule has 14 aliphatic heterocycles. The molecule has 39 nitrogen and oxygen atoms in total. The second-order valence-corrected chi connectivity index (χ2v) is 33.4. The zero-order chi connectivity index (χ0) is 81.7. The van der Waals surface area contributed by atoms with Crippen LogP contribution in [0.4, 0.5) is 0 Å². The number of amides is 4. The standard InChI is InChI=1S/C74H102N6O33S4/c1-35-52-67(56(89)42(27-81)108-35)113-74-55(58(91)65(94-3)44(29-83)111-74)80-49(88)34-117-71(80)51-63-41(26-76-51)103-20-12-99-14-22-105-61-37(6-8-39(61)101-18-10-97-16-24-107-63)69-79(48(87)32-115-69)54-57(90)64(93-2)43(28-82)110-73(54)112-66-45(30-84)109-72(95-4)53(59(66)92)78-47(86)31-114-68(78)36-5-7-38-60(36)104-21-13-98-11-19-102-40-25-75-50(70-77(52)46(85)33-116-70)62(40)106-23-15-96-9-17-100-38/h7-8,25-26,35,42-45,52-59,64-76,81-84,89-92H,5-6,9-24,27-34H2,1-4H3/t35-,42?,43?,44?,45?,52+,53+,54+,55-,56+,57-,58+,59-,64-,65+,66-,67-,68?,69?,70?,71?,72-,73+,74-/m1/s1. The Balaban J connectivity index is 0.785. The molecule has 14 bridgehead atoms. The summed E-state index contributed by atoms with van der Waals surface area (Å²) in [6.07, 6.45) is -16.3. The van der Waals surface area contributed by atoms with Crippen molar-refractivity contribution >= 4 is 70.7 Å².